The fraction of sp³-hybridized carbons (Fsp3) is 0.514. The van der Waals surface area contributed by atoms with E-state index in [-0.39, 0.29) is 56.2 Å². The second-order valence-corrected chi connectivity index (χ2v) is 15.0. The average molecular weight is 748 g/mol. The van der Waals surface area contributed by atoms with Gasteiger partial charge in [0.2, 0.25) is 10.0 Å². The number of nitrogens with one attached hydrogen (secondary N) is 2. The van der Waals surface area contributed by atoms with Crippen LogP contribution in [-0.2, 0) is 37.2 Å². The normalized spacial score (nSPS) is 16.0. The van der Waals surface area contributed by atoms with Crippen molar-refractivity contribution in [2.24, 2.45) is 0 Å². The number of aromatic nitrogens is 2. The van der Waals surface area contributed by atoms with Crippen molar-refractivity contribution in [2.45, 2.75) is 56.6 Å². The molecule has 1 fully saturated rings. The number of nitrogens with zero attached hydrogens (tertiary/aromatic N) is 5. The molecule has 284 valence electrons. The first kappa shape index (κ1) is 39.1. The van der Waals surface area contributed by atoms with E-state index in [9.17, 15) is 26.8 Å². The van der Waals surface area contributed by atoms with Gasteiger partial charge >= 0.3 is 6.09 Å². The summed E-state index contributed by atoms with van der Waals surface area (Å²) in [5.41, 5.74) is 2.37. The highest BCUT2D eigenvalue weighted by molar-refractivity contribution is 7.89. The van der Waals surface area contributed by atoms with Gasteiger partial charge in [-0.3, -0.25) is 4.79 Å². The van der Waals surface area contributed by atoms with Crippen molar-refractivity contribution in [3.8, 4) is 0 Å². The number of hydrogen-bond donors (Lipinski definition) is 2. The molecule has 3 heterocycles. The Kier molecular flexibility index (Phi) is 12.9. The largest absolute Gasteiger partial charge is 0.445 e. The minimum atomic E-state index is -4.39. The van der Waals surface area contributed by atoms with E-state index in [0.29, 0.717) is 42.8 Å². The van der Waals surface area contributed by atoms with E-state index in [0.717, 1.165) is 46.2 Å². The highest BCUT2D eigenvalue weighted by Crippen LogP contribution is 2.32. The zero-order valence-corrected chi connectivity index (χ0v) is 31.0. The fourth-order valence-corrected chi connectivity index (χ4v) is 7.51. The molecule has 2 aliphatic rings. The molecule has 1 aromatic heterocycles. The van der Waals surface area contributed by atoms with Crippen molar-refractivity contribution >= 4 is 39.2 Å². The number of anilines is 3. The van der Waals surface area contributed by atoms with Crippen LogP contribution in [-0.4, -0.2) is 119 Å². The second kappa shape index (κ2) is 17.1. The third-order valence-electron chi connectivity index (χ3n) is 9.25. The lowest BCUT2D eigenvalue weighted by Gasteiger charge is -2.29. The maximum atomic E-state index is 14.1. The van der Waals surface area contributed by atoms with Gasteiger partial charge in [0.1, 0.15) is 18.2 Å². The van der Waals surface area contributed by atoms with Crippen LogP contribution >= 0.6 is 0 Å². The smallest absolute Gasteiger partial charge is 0.435 e. The van der Waals surface area contributed by atoms with Crippen molar-refractivity contribution < 1.29 is 41.0 Å². The molecule has 1 amide bonds. The summed E-state index contributed by atoms with van der Waals surface area (Å²) >= 11 is 0. The fourth-order valence-electron chi connectivity index (χ4n) is 6.06. The summed E-state index contributed by atoms with van der Waals surface area (Å²) in [6.07, 6.45) is 0.670. The molecule has 0 radical (unpaired) electrons. The maximum absolute atomic E-state index is 14.1. The number of sulfonamides is 1. The van der Waals surface area contributed by atoms with Gasteiger partial charge in [-0.2, -0.15) is 8.99 Å². The summed E-state index contributed by atoms with van der Waals surface area (Å²) in [7, 11) is 1.63. The minimum Gasteiger partial charge on any atom is -0.445 e. The number of amides is 1. The van der Waals surface area contributed by atoms with Crippen LogP contribution in [0.15, 0.2) is 41.3 Å². The van der Waals surface area contributed by atoms with Gasteiger partial charge in [-0.15, -0.1) is 5.10 Å². The minimum absolute atomic E-state index is 0.00124. The van der Waals surface area contributed by atoms with Gasteiger partial charge in [0.15, 0.2) is 5.82 Å². The van der Waals surface area contributed by atoms with E-state index in [1.807, 2.05) is 33.3 Å². The van der Waals surface area contributed by atoms with Gasteiger partial charge < -0.3 is 34.6 Å². The maximum Gasteiger partial charge on any atom is 0.435 e. The molecule has 52 heavy (non-hydrogen) atoms. The van der Waals surface area contributed by atoms with Crippen molar-refractivity contribution in [1.29, 1.82) is 0 Å². The first-order valence-corrected chi connectivity index (χ1v) is 18.7. The Morgan fingerprint density at radius 3 is 2.46 bits per heavy atom. The average Bonchev–Trinajstić information content (AvgIpc) is 3.47. The molecule has 2 aliphatic heterocycles. The molecule has 1 atom stereocenters. The molecule has 17 heteroatoms. The molecule has 2 aromatic carbocycles. The Balaban J connectivity index is 1.48. The molecule has 3 aromatic rings. The SMILES string of the molecule is CCOCCOC(=O)n1nc(NC(=O)c2ccc(N(C)CC(C)N(C)C)cc2NC2CCOCC2)c2c1CCN(S(=O)(=O)c1cc(F)cc(F)c1)C2. The van der Waals surface area contributed by atoms with Crippen LogP contribution in [0.5, 0.6) is 0 Å². The van der Waals surface area contributed by atoms with E-state index in [1.54, 1.807) is 13.0 Å². The molecule has 0 spiro atoms. The Morgan fingerprint density at radius 2 is 1.79 bits per heavy atom. The van der Waals surface area contributed by atoms with Crippen LogP contribution < -0.4 is 15.5 Å². The quantitative estimate of drug-likeness (QED) is 0.229. The predicted octanol–water partition coefficient (Wildman–Crippen LogP) is 4.16. The molecule has 1 unspecified atom stereocenters. The highest BCUT2D eigenvalue weighted by atomic mass is 32.2. The van der Waals surface area contributed by atoms with Gasteiger partial charge in [0.05, 0.1) is 22.8 Å². The van der Waals surface area contributed by atoms with E-state index in [2.05, 4.69) is 32.5 Å². The second-order valence-electron chi connectivity index (χ2n) is 13.1. The lowest BCUT2D eigenvalue weighted by Crippen LogP contribution is -2.37. The molecular weight excluding hydrogens is 700 g/mol. The predicted molar refractivity (Wildman–Crippen MR) is 191 cm³/mol. The number of fused-ring (bicyclic) bond motifs is 1. The molecule has 0 bridgehead atoms. The summed E-state index contributed by atoms with van der Waals surface area (Å²) in [4.78, 5) is 31.0. The summed E-state index contributed by atoms with van der Waals surface area (Å²) in [6.45, 7) is 5.92. The Bertz CT molecular complexity index is 1830. The number of benzene rings is 2. The number of carbonyl (C=O) groups is 2. The first-order valence-electron chi connectivity index (χ1n) is 17.3. The van der Waals surface area contributed by atoms with Crippen LogP contribution in [0.3, 0.4) is 0 Å². The molecule has 5 rings (SSSR count). The zero-order valence-electron chi connectivity index (χ0n) is 30.2. The number of ether oxygens (including phenoxy) is 3. The van der Waals surface area contributed by atoms with Gasteiger partial charge in [-0.1, -0.05) is 0 Å². The molecular formula is C35H47F2N7O7S. The summed E-state index contributed by atoms with van der Waals surface area (Å²) < 4.78 is 73.4. The lowest BCUT2D eigenvalue weighted by molar-refractivity contribution is 0.0777. The number of halogens is 2. The number of carbonyl (C=O) groups excluding carboxylic acids is 2. The van der Waals surface area contributed by atoms with E-state index in [1.165, 1.54) is 0 Å². The number of likely N-dealkylation sites (N-methyl/N-ethyl adjacent to an activating group) is 2. The Morgan fingerprint density at radius 1 is 1.08 bits per heavy atom. The number of rotatable bonds is 14. The van der Waals surface area contributed by atoms with Crippen molar-refractivity contribution in [3.05, 3.63) is 64.9 Å². The van der Waals surface area contributed by atoms with Gasteiger partial charge in [-0.05, 0) is 71.1 Å². The van der Waals surface area contributed by atoms with Crippen LogP contribution in [0, 0.1) is 11.6 Å². The summed E-state index contributed by atoms with van der Waals surface area (Å²) in [5.74, 6) is -2.68. The number of hydrogen-bond acceptors (Lipinski definition) is 11. The monoisotopic (exact) mass is 747 g/mol. The van der Waals surface area contributed by atoms with Crippen LogP contribution in [0.25, 0.3) is 0 Å². The van der Waals surface area contributed by atoms with Crippen molar-refractivity contribution in [3.63, 3.8) is 0 Å². The van der Waals surface area contributed by atoms with E-state index in [4.69, 9.17) is 14.2 Å². The standard InChI is InChI=1S/C35H47F2N7O7S/c1-6-49-15-16-51-35(46)44-32-9-12-43(52(47,48)28-18-24(36)17-25(37)19-28)22-30(32)33(40-44)39-34(45)29-8-7-27(42(5)21-23(2)41(3)4)20-31(29)38-26-10-13-50-14-11-26/h7-8,17-20,23,26,38H,6,9-16,21-22H2,1-5H3,(H,39,40,45). The Hall–Kier alpha value is -4.16. The molecule has 0 aliphatic carbocycles. The van der Waals surface area contributed by atoms with E-state index < -0.39 is 38.6 Å². The molecule has 1 saturated heterocycles. The lowest BCUT2D eigenvalue weighted by atomic mass is 10.1. The van der Waals surface area contributed by atoms with Gasteiger partial charge in [0.25, 0.3) is 5.91 Å². The molecule has 14 nitrogen and oxygen atoms in total. The third kappa shape index (κ3) is 9.25. The van der Waals surface area contributed by atoms with Crippen molar-refractivity contribution in [2.75, 3.05) is 82.8 Å². The first-order chi connectivity index (χ1) is 24.8. The Labute approximate surface area is 303 Å². The topological polar surface area (TPSA) is 148 Å². The van der Waals surface area contributed by atoms with Crippen molar-refractivity contribution in [1.82, 2.24) is 19.0 Å². The van der Waals surface area contributed by atoms with Crippen LogP contribution in [0.4, 0.5) is 30.8 Å². The van der Waals surface area contributed by atoms with Crippen LogP contribution in [0.2, 0.25) is 0 Å². The third-order valence-corrected chi connectivity index (χ3v) is 11.1. The zero-order chi connectivity index (χ0) is 37.6. The summed E-state index contributed by atoms with van der Waals surface area (Å²) in [5, 5.41) is 10.7. The molecule has 2 N–H and O–H groups in total. The van der Waals surface area contributed by atoms with Crippen LogP contribution in [0.1, 0.15) is 48.3 Å². The van der Waals surface area contributed by atoms with E-state index >= 15 is 0 Å². The van der Waals surface area contributed by atoms with Gasteiger partial charge in [-0.25, -0.2) is 22.0 Å². The molecule has 0 saturated carbocycles. The summed E-state index contributed by atoms with van der Waals surface area (Å²) in [6, 6.07) is 7.87. The van der Waals surface area contributed by atoms with Gasteiger partial charge in [0, 0.05) is 88.0 Å². The highest BCUT2D eigenvalue weighted by Gasteiger charge is 2.35.